The van der Waals surface area contributed by atoms with Crippen molar-refractivity contribution in [1.29, 1.82) is 0 Å². The fraction of sp³-hybridized carbons (Fsp3) is 0.900. The van der Waals surface area contributed by atoms with Gasteiger partial charge in [0.25, 0.3) is 5.91 Å². The van der Waals surface area contributed by atoms with Crippen molar-refractivity contribution in [2.24, 2.45) is 0 Å². The maximum absolute atomic E-state index is 11.8. The predicted molar refractivity (Wildman–Crippen MR) is 59.1 cm³/mol. The third-order valence-corrected chi connectivity index (χ3v) is 3.67. The van der Waals surface area contributed by atoms with E-state index < -0.39 is 0 Å². The minimum Gasteiger partial charge on any atom is -0.271 e. The molecule has 1 fully saturated rings. The molecule has 3 nitrogen and oxygen atoms in total. The van der Waals surface area contributed by atoms with E-state index in [4.69, 9.17) is 4.84 Å². The Balaban J connectivity index is 2.42. The second kappa shape index (κ2) is 4.11. The summed E-state index contributed by atoms with van der Waals surface area (Å²) in [4.78, 5) is 17.0. The summed E-state index contributed by atoms with van der Waals surface area (Å²) in [6, 6.07) is 0. The van der Waals surface area contributed by atoms with Crippen molar-refractivity contribution in [3.63, 3.8) is 0 Å². The molecular weight excluding hydrogens is 198 g/mol. The lowest BCUT2D eigenvalue weighted by Gasteiger charge is -2.25. The monoisotopic (exact) mass is 217 g/mol. The van der Waals surface area contributed by atoms with Gasteiger partial charge in [0.2, 0.25) is 0 Å². The first kappa shape index (κ1) is 11.9. The quantitative estimate of drug-likeness (QED) is 0.720. The highest BCUT2D eigenvalue weighted by Gasteiger charge is 2.37. The Morgan fingerprint density at radius 2 is 2.14 bits per heavy atom. The van der Waals surface area contributed by atoms with Gasteiger partial charge in [-0.3, -0.25) is 9.63 Å². The molecule has 82 valence electrons. The summed E-state index contributed by atoms with van der Waals surface area (Å²) in [6.45, 7) is 7.72. The van der Waals surface area contributed by atoms with Crippen LogP contribution in [-0.4, -0.2) is 22.0 Å². The summed E-state index contributed by atoms with van der Waals surface area (Å²) >= 11 is 1.71. The van der Waals surface area contributed by atoms with Gasteiger partial charge in [-0.05, 0) is 46.3 Å². The van der Waals surface area contributed by atoms with E-state index in [0.717, 1.165) is 18.6 Å². The Kier molecular flexibility index (Phi) is 3.48. The lowest BCUT2D eigenvalue weighted by atomic mass is 10.1. The van der Waals surface area contributed by atoms with E-state index in [1.807, 2.05) is 27.7 Å². The normalized spacial score (nSPS) is 27.7. The number of nitrogens with one attached hydrogen (secondary N) is 1. The molecule has 1 rings (SSSR count). The summed E-state index contributed by atoms with van der Waals surface area (Å²) in [5.41, 5.74) is 2.22. The van der Waals surface area contributed by atoms with Gasteiger partial charge < -0.3 is 0 Å². The summed E-state index contributed by atoms with van der Waals surface area (Å²) < 4.78 is -0.286. The maximum atomic E-state index is 11.8. The first-order chi connectivity index (χ1) is 6.33. The Labute approximate surface area is 89.9 Å². The van der Waals surface area contributed by atoms with Crippen molar-refractivity contribution in [1.82, 2.24) is 5.48 Å². The minimum atomic E-state index is -0.324. The smallest absolute Gasteiger partial charge is 0.259 e. The highest BCUT2D eigenvalue weighted by molar-refractivity contribution is 8.01. The van der Waals surface area contributed by atoms with Crippen LogP contribution in [0.2, 0.25) is 0 Å². The fourth-order valence-corrected chi connectivity index (χ4v) is 2.47. The largest absolute Gasteiger partial charge is 0.271 e. The standard InChI is InChI=1S/C10H19NO2S/c1-9(2,3)13-11-8(12)10(4)6-5-7-14-10/h5-7H2,1-4H3,(H,11,12). The van der Waals surface area contributed by atoms with E-state index in [-0.39, 0.29) is 16.3 Å². The van der Waals surface area contributed by atoms with Gasteiger partial charge in [-0.25, -0.2) is 5.48 Å². The molecule has 1 N–H and O–H groups in total. The van der Waals surface area contributed by atoms with Gasteiger partial charge in [0.1, 0.15) is 0 Å². The molecule has 0 aliphatic carbocycles. The van der Waals surface area contributed by atoms with Crippen LogP contribution < -0.4 is 5.48 Å². The van der Waals surface area contributed by atoms with Crippen LogP contribution in [0.4, 0.5) is 0 Å². The molecule has 1 atom stereocenters. The molecule has 0 bridgehead atoms. The molecule has 4 heteroatoms. The van der Waals surface area contributed by atoms with Crippen LogP contribution in [0.1, 0.15) is 40.5 Å². The number of hydrogen-bond acceptors (Lipinski definition) is 3. The second-order valence-electron chi connectivity index (χ2n) is 4.83. The molecule has 1 aliphatic heterocycles. The van der Waals surface area contributed by atoms with Crippen molar-refractivity contribution >= 4 is 17.7 Å². The molecular formula is C10H19NO2S. The maximum Gasteiger partial charge on any atom is 0.259 e. The zero-order valence-corrected chi connectivity index (χ0v) is 10.2. The first-order valence-electron chi connectivity index (χ1n) is 4.96. The van der Waals surface area contributed by atoms with E-state index in [1.165, 1.54) is 0 Å². The van der Waals surface area contributed by atoms with E-state index in [0.29, 0.717) is 0 Å². The van der Waals surface area contributed by atoms with Crippen molar-refractivity contribution in [3.05, 3.63) is 0 Å². The molecule has 1 saturated heterocycles. The summed E-state index contributed by atoms with van der Waals surface area (Å²) in [7, 11) is 0. The van der Waals surface area contributed by atoms with E-state index in [2.05, 4.69) is 5.48 Å². The molecule has 0 radical (unpaired) electrons. The van der Waals surface area contributed by atoms with Crippen molar-refractivity contribution in [2.45, 2.75) is 50.9 Å². The van der Waals surface area contributed by atoms with Crippen molar-refractivity contribution in [2.75, 3.05) is 5.75 Å². The van der Waals surface area contributed by atoms with Gasteiger partial charge in [0.05, 0.1) is 10.3 Å². The zero-order valence-electron chi connectivity index (χ0n) is 9.35. The van der Waals surface area contributed by atoms with E-state index >= 15 is 0 Å². The topological polar surface area (TPSA) is 38.3 Å². The number of rotatable bonds is 2. The van der Waals surface area contributed by atoms with Crippen LogP contribution in [-0.2, 0) is 9.63 Å². The van der Waals surface area contributed by atoms with Crippen molar-refractivity contribution in [3.8, 4) is 0 Å². The van der Waals surface area contributed by atoms with Crippen LogP contribution in [0.3, 0.4) is 0 Å². The predicted octanol–water partition coefficient (Wildman–Crippen LogP) is 2.12. The lowest BCUT2D eigenvalue weighted by Crippen LogP contribution is -2.43. The molecule has 1 amide bonds. The molecule has 0 spiro atoms. The molecule has 0 aromatic rings. The highest BCUT2D eigenvalue weighted by Crippen LogP contribution is 2.37. The summed E-state index contributed by atoms with van der Waals surface area (Å²) in [5.74, 6) is 1.06. The van der Waals surface area contributed by atoms with Crippen LogP contribution >= 0.6 is 11.8 Å². The summed E-state index contributed by atoms with van der Waals surface area (Å²) in [5, 5.41) is 0. The average Bonchev–Trinajstić information content (AvgIpc) is 2.48. The SMILES string of the molecule is CC(C)(C)ONC(=O)C1(C)CCCS1. The first-order valence-corrected chi connectivity index (χ1v) is 5.94. The lowest BCUT2D eigenvalue weighted by molar-refractivity contribution is -0.147. The number of amides is 1. The second-order valence-corrected chi connectivity index (χ2v) is 6.43. The fourth-order valence-electron chi connectivity index (χ4n) is 1.27. The zero-order chi connectivity index (χ0) is 10.8. The van der Waals surface area contributed by atoms with Gasteiger partial charge >= 0.3 is 0 Å². The van der Waals surface area contributed by atoms with Crippen LogP contribution in [0.5, 0.6) is 0 Å². The Bertz CT molecular complexity index is 217. The number of carbonyl (C=O) groups is 1. The number of hydrogen-bond donors (Lipinski definition) is 1. The highest BCUT2D eigenvalue weighted by atomic mass is 32.2. The Hall–Kier alpha value is -0.220. The summed E-state index contributed by atoms with van der Waals surface area (Å²) in [6.07, 6.45) is 2.06. The van der Waals surface area contributed by atoms with Gasteiger partial charge in [0, 0.05) is 0 Å². The third kappa shape index (κ3) is 3.17. The van der Waals surface area contributed by atoms with Gasteiger partial charge in [-0.2, -0.15) is 0 Å². The molecule has 1 aliphatic rings. The van der Waals surface area contributed by atoms with Gasteiger partial charge in [-0.15, -0.1) is 11.8 Å². The number of hydroxylamine groups is 1. The van der Waals surface area contributed by atoms with Gasteiger partial charge in [0.15, 0.2) is 0 Å². The molecule has 0 aromatic heterocycles. The average molecular weight is 217 g/mol. The molecule has 1 unspecified atom stereocenters. The van der Waals surface area contributed by atoms with Crippen LogP contribution in [0.15, 0.2) is 0 Å². The van der Waals surface area contributed by atoms with Crippen molar-refractivity contribution < 1.29 is 9.63 Å². The van der Waals surface area contributed by atoms with E-state index in [1.54, 1.807) is 11.8 Å². The molecule has 0 saturated carbocycles. The Morgan fingerprint density at radius 1 is 1.50 bits per heavy atom. The van der Waals surface area contributed by atoms with Crippen LogP contribution in [0, 0.1) is 0 Å². The number of carbonyl (C=O) groups excluding carboxylic acids is 1. The molecule has 14 heavy (non-hydrogen) atoms. The van der Waals surface area contributed by atoms with Crippen LogP contribution in [0.25, 0.3) is 0 Å². The number of thioether (sulfide) groups is 1. The third-order valence-electron chi connectivity index (χ3n) is 2.15. The Morgan fingerprint density at radius 3 is 2.57 bits per heavy atom. The minimum absolute atomic E-state index is 0.00470. The molecule has 0 aromatic carbocycles. The van der Waals surface area contributed by atoms with Gasteiger partial charge in [-0.1, -0.05) is 0 Å². The molecule has 1 heterocycles. The van der Waals surface area contributed by atoms with E-state index in [9.17, 15) is 4.79 Å².